The Morgan fingerprint density at radius 2 is 1.94 bits per heavy atom. The van der Waals surface area contributed by atoms with Crippen molar-refractivity contribution in [2.45, 2.75) is 39.2 Å². The van der Waals surface area contributed by atoms with Gasteiger partial charge in [-0.05, 0) is 24.1 Å². The number of hydrogen-bond donors (Lipinski definition) is 1. The maximum absolute atomic E-state index is 11.3. The van der Waals surface area contributed by atoms with Crippen molar-refractivity contribution >= 4 is 5.97 Å². The molecule has 18 heavy (non-hydrogen) atoms. The number of benzene rings is 1. The Morgan fingerprint density at radius 3 is 2.61 bits per heavy atom. The Bertz CT molecular complexity index is 363. The van der Waals surface area contributed by atoms with Crippen LogP contribution in [0.1, 0.15) is 37.3 Å². The predicted octanol–water partition coefficient (Wildman–Crippen LogP) is 2.68. The van der Waals surface area contributed by atoms with Gasteiger partial charge in [0.2, 0.25) is 0 Å². The maximum Gasteiger partial charge on any atom is 0.309 e. The third-order valence-corrected chi connectivity index (χ3v) is 2.95. The summed E-state index contributed by atoms with van der Waals surface area (Å²) < 4.78 is 4.71. The Labute approximate surface area is 110 Å². The number of carbonyl (C=O) groups excluding carboxylic acids is 1. The molecule has 0 unspecified atom stereocenters. The van der Waals surface area contributed by atoms with Crippen LogP contribution in [0.3, 0.4) is 0 Å². The first-order valence-electron chi connectivity index (χ1n) is 6.62. The fourth-order valence-corrected chi connectivity index (χ4v) is 1.85. The Kier molecular flexibility index (Phi) is 7.11. The largest absolute Gasteiger partial charge is 0.469 e. The smallest absolute Gasteiger partial charge is 0.309 e. The monoisotopic (exact) mass is 249 g/mol. The van der Waals surface area contributed by atoms with E-state index in [0.717, 1.165) is 18.7 Å². The van der Waals surface area contributed by atoms with Crippen molar-refractivity contribution in [3.8, 4) is 0 Å². The zero-order chi connectivity index (χ0) is 13.2. The summed E-state index contributed by atoms with van der Waals surface area (Å²) in [4.78, 5) is 11.3. The molecule has 0 aliphatic heterocycles. The van der Waals surface area contributed by atoms with Gasteiger partial charge in [-0.1, -0.05) is 44.0 Å². The number of carbonyl (C=O) groups is 1. The van der Waals surface area contributed by atoms with Gasteiger partial charge >= 0.3 is 5.97 Å². The summed E-state index contributed by atoms with van der Waals surface area (Å²) in [5, 5.41) is 3.42. The van der Waals surface area contributed by atoms with E-state index in [9.17, 15) is 4.79 Å². The molecule has 100 valence electrons. The van der Waals surface area contributed by atoms with Gasteiger partial charge in [0.15, 0.2) is 0 Å². The Balaban J connectivity index is 2.46. The highest BCUT2D eigenvalue weighted by Crippen LogP contribution is 2.10. The van der Waals surface area contributed by atoms with Crippen LogP contribution < -0.4 is 5.32 Å². The molecule has 1 aromatic rings. The van der Waals surface area contributed by atoms with Gasteiger partial charge < -0.3 is 10.1 Å². The van der Waals surface area contributed by atoms with E-state index >= 15 is 0 Å². The number of methoxy groups -OCH3 is 1. The SMILES string of the molecule is CCCCCNCc1ccccc1CC(=O)OC. The number of nitrogens with one attached hydrogen (secondary N) is 1. The quantitative estimate of drug-likeness (QED) is 0.568. The van der Waals surface area contributed by atoms with Crippen molar-refractivity contribution in [1.82, 2.24) is 5.32 Å². The van der Waals surface area contributed by atoms with Gasteiger partial charge in [-0.2, -0.15) is 0 Å². The second-order valence-corrected chi connectivity index (χ2v) is 4.41. The highest BCUT2D eigenvalue weighted by molar-refractivity contribution is 5.72. The van der Waals surface area contributed by atoms with E-state index < -0.39 is 0 Å². The molecule has 0 atom stereocenters. The minimum atomic E-state index is -0.187. The Morgan fingerprint density at radius 1 is 1.22 bits per heavy atom. The fourth-order valence-electron chi connectivity index (χ4n) is 1.85. The summed E-state index contributed by atoms with van der Waals surface area (Å²) in [6.45, 7) is 4.04. The molecule has 1 N–H and O–H groups in total. The van der Waals surface area contributed by atoms with Crippen LogP contribution in [-0.2, 0) is 22.5 Å². The lowest BCUT2D eigenvalue weighted by Crippen LogP contribution is -2.17. The molecular formula is C15H23NO2. The Hall–Kier alpha value is -1.35. The van der Waals surface area contributed by atoms with Crippen molar-refractivity contribution in [3.63, 3.8) is 0 Å². The van der Waals surface area contributed by atoms with Crippen LogP contribution in [0.4, 0.5) is 0 Å². The standard InChI is InChI=1S/C15H23NO2/c1-3-4-7-10-16-12-14-9-6-5-8-13(14)11-15(17)18-2/h5-6,8-9,16H,3-4,7,10-12H2,1-2H3. The molecule has 0 bridgehead atoms. The van der Waals surface area contributed by atoms with Gasteiger partial charge in [-0.3, -0.25) is 4.79 Å². The average molecular weight is 249 g/mol. The molecule has 0 aliphatic carbocycles. The van der Waals surface area contributed by atoms with Crippen molar-refractivity contribution in [3.05, 3.63) is 35.4 Å². The van der Waals surface area contributed by atoms with E-state index in [-0.39, 0.29) is 5.97 Å². The van der Waals surface area contributed by atoms with Gasteiger partial charge in [0.05, 0.1) is 13.5 Å². The van der Waals surface area contributed by atoms with Crippen molar-refractivity contribution < 1.29 is 9.53 Å². The molecule has 3 nitrogen and oxygen atoms in total. The molecule has 0 aromatic heterocycles. The molecule has 0 saturated heterocycles. The summed E-state index contributed by atoms with van der Waals surface area (Å²) in [5.41, 5.74) is 2.23. The first-order chi connectivity index (χ1) is 8.77. The lowest BCUT2D eigenvalue weighted by atomic mass is 10.0. The van der Waals surface area contributed by atoms with Crippen LogP contribution in [0.15, 0.2) is 24.3 Å². The summed E-state index contributed by atoms with van der Waals surface area (Å²) >= 11 is 0. The number of unbranched alkanes of at least 4 members (excludes halogenated alkanes) is 2. The molecule has 0 spiro atoms. The molecule has 1 rings (SSSR count). The molecule has 3 heteroatoms. The van der Waals surface area contributed by atoms with Crippen molar-refractivity contribution in [2.75, 3.05) is 13.7 Å². The van der Waals surface area contributed by atoms with Crippen LogP contribution >= 0.6 is 0 Å². The van der Waals surface area contributed by atoms with E-state index in [4.69, 9.17) is 4.74 Å². The molecule has 0 fully saturated rings. The highest BCUT2D eigenvalue weighted by Gasteiger charge is 2.06. The van der Waals surface area contributed by atoms with Gasteiger partial charge in [0, 0.05) is 6.54 Å². The third-order valence-electron chi connectivity index (χ3n) is 2.95. The summed E-state index contributed by atoms with van der Waals surface area (Å²) in [6.07, 6.45) is 4.05. The third kappa shape index (κ3) is 5.32. The van der Waals surface area contributed by atoms with E-state index in [1.807, 2.05) is 18.2 Å². The van der Waals surface area contributed by atoms with Gasteiger partial charge in [-0.25, -0.2) is 0 Å². The van der Waals surface area contributed by atoms with E-state index in [1.165, 1.54) is 31.9 Å². The first kappa shape index (κ1) is 14.7. The number of hydrogen-bond acceptors (Lipinski definition) is 3. The molecule has 0 radical (unpaired) electrons. The second kappa shape index (κ2) is 8.70. The molecule has 1 aromatic carbocycles. The number of esters is 1. The number of rotatable bonds is 8. The zero-order valence-corrected chi connectivity index (χ0v) is 11.4. The molecule has 0 aliphatic rings. The number of ether oxygens (including phenoxy) is 1. The van der Waals surface area contributed by atoms with Gasteiger partial charge in [-0.15, -0.1) is 0 Å². The zero-order valence-electron chi connectivity index (χ0n) is 11.4. The van der Waals surface area contributed by atoms with Crippen LogP contribution in [0, 0.1) is 0 Å². The van der Waals surface area contributed by atoms with Crippen molar-refractivity contribution in [2.24, 2.45) is 0 Å². The minimum Gasteiger partial charge on any atom is -0.469 e. The van der Waals surface area contributed by atoms with E-state index in [2.05, 4.69) is 18.3 Å². The lowest BCUT2D eigenvalue weighted by Gasteiger charge is -2.09. The fraction of sp³-hybridized carbons (Fsp3) is 0.533. The molecule has 0 amide bonds. The summed E-state index contributed by atoms with van der Waals surface area (Å²) in [6, 6.07) is 8.01. The van der Waals surface area contributed by atoms with Crippen LogP contribution in [0.2, 0.25) is 0 Å². The molecule has 0 heterocycles. The summed E-state index contributed by atoms with van der Waals surface area (Å²) in [5.74, 6) is -0.187. The highest BCUT2D eigenvalue weighted by atomic mass is 16.5. The normalized spacial score (nSPS) is 10.3. The molecule has 0 saturated carbocycles. The predicted molar refractivity (Wildman–Crippen MR) is 73.4 cm³/mol. The van der Waals surface area contributed by atoms with E-state index in [0.29, 0.717) is 6.42 Å². The average Bonchev–Trinajstić information content (AvgIpc) is 2.40. The van der Waals surface area contributed by atoms with Crippen LogP contribution in [0.5, 0.6) is 0 Å². The van der Waals surface area contributed by atoms with E-state index in [1.54, 1.807) is 0 Å². The second-order valence-electron chi connectivity index (χ2n) is 4.41. The topological polar surface area (TPSA) is 38.3 Å². The first-order valence-corrected chi connectivity index (χ1v) is 6.62. The van der Waals surface area contributed by atoms with Crippen molar-refractivity contribution in [1.29, 1.82) is 0 Å². The summed E-state index contributed by atoms with van der Waals surface area (Å²) in [7, 11) is 1.42. The minimum absolute atomic E-state index is 0.187. The van der Waals surface area contributed by atoms with Crippen LogP contribution in [0.25, 0.3) is 0 Å². The lowest BCUT2D eigenvalue weighted by molar-refractivity contribution is -0.139. The molecular weight excluding hydrogens is 226 g/mol. The van der Waals surface area contributed by atoms with Gasteiger partial charge in [0.1, 0.15) is 0 Å². The van der Waals surface area contributed by atoms with Gasteiger partial charge in [0.25, 0.3) is 0 Å². The maximum atomic E-state index is 11.3. The van der Waals surface area contributed by atoms with Crippen LogP contribution in [-0.4, -0.2) is 19.6 Å².